The summed E-state index contributed by atoms with van der Waals surface area (Å²) in [5.74, 6) is 0. The third-order valence-corrected chi connectivity index (χ3v) is 6.62. The largest absolute Gasteiger partial charge is 0.0885 e. The quantitative estimate of drug-likeness (QED) is 0.0963. The van der Waals surface area contributed by atoms with E-state index in [2.05, 4.69) is 26.0 Å². The Kier molecular flexibility index (Phi) is 28.5. The maximum absolute atomic E-state index is 2.45. The fourth-order valence-electron chi connectivity index (χ4n) is 4.44. The summed E-state index contributed by atoms with van der Waals surface area (Å²) in [6.07, 6.45) is 42.4. The first-order valence-electron chi connectivity index (χ1n) is 14.6. The zero-order chi connectivity index (χ0) is 21.8. The Bertz CT molecular complexity index is 303. The molecule has 0 bridgehead atoms. The molecule has 0 saturated heterocycles. The van der Waals surface area contributed by atoms with Crippen molar-refractivity contribution in [2.45, 2.75) is 181 Å². The van der Waals surface area contributed by atoms with E-state index in [4.69, 9.17) is 0 Å². The molecule has 0 aliphatic heterocycles. The van der Waals surface area contributed by atoms with Crippen LogP contribution in [0.5, 0.6) is 0 Å². The van der Waals surface area contributed by atoms with Crippen LogP contribution in [0.3, 0.4) is 0 Å². The lowest BCUT2D eigenvalue weighted by Gasteiger charge is -2.03. The van der Waals surface area contributed by atoms with Crippen LogP contribution in [0.15, 0.2) is 12.2 Å². The van der Waals surface area contributed by atoms with Crippen molar-refractivity contribution in [3.63, 3.8) is 0 Å². The molecule has 0 nitrogen and oxygen atoms in total. The first kappa shape index (κ1) is 29.7. The molecular formula is C30H60. The van der Waals surface area contributed by atoms with Crippen molar-refractivity contribution in [2.24, 2.45) is 0 Å². The molecule has 0 aliphatic carbocycles. The highest BCUT2D eigenvalue weighted by Crippen LogP contribution is 2.14. The molecule has 0 aliphatic rings. The Morgan fingerprint density at radius 1 is 0.267 bits per heavy atom. The maximum atomic E-state index is 2.45. The van der Waals surface area contributed by atoms with Gasteiger partial charge in [0, 0.05) is 0 Å². The predicted molar refractivity (Wildman–Crippen MR) is 141 cm³/mol. The van der Waals surface area contributed by atoms with Crippen LogP contribution in [0.2, 0.25) is 0 Å². The van der Waals surface area contributed by atoms with Gasteiger partial charge in [-0.2, -0.15) is 0 Å². The van der Waals surface area contributed by atoms with E-state index >= 15 is 0 Å². The van der Waals surface area contributed by atoms with Gasteiger partial charge in [-0.3, -0.25) is 0 Å². The Morgan fingerprint density at radius 2 is 0.467 bits per heavy atom. The van der Waals surface area contributed by atoms with Gasteiger partial charge in [-0.25, -0.2) is 0 Å². The van der Waals surface area contributed by atoms with Crippen molar-refractivity contribution in [1.82, 2.24) is 0 Å². The van der Waals surface area contributed by atoms with E-state index in [1.165, 1.54) is 167 Å². The third kappa shape index (κ3) is 27.7. The monoisotopic (exact) mass is 420 g/mol. The van der Waals surface area contributed by atoms with Crippen LogP contribution < -0.4 is 0 Å². The summed E-state index contributed by atoms with van der Waals surface area (Å²) in [5.41, 5.74) is 0. The molecule has 0 saturated carbocycles. The average Bonchev–Trinajstić information content (AvgIpc) is 2.76. The number of rotatable bonds is 26. The van der Waals surface area contributed by atoms with E-state index in [9.17, 15) is 0 Å². The average molecular weight is 421 g/mol. The summed E-state index contributed by atoms with van der Waals surface area (Å²) in [6, 6.07) is 0. The molecule has 0 aromatic heterocycles. The summed E-state index contributed by atoms with van der Waals surface area (Å²) < 4.78 is 0. The minimum atomic E-state index is 1.31. The second kappa shape index (κ2) is 28.7. The van der Waals surface area contributed by atoms with Gasteiger partial charge in [0.25, 0.3) is 0 Å². The lowest BCUT2D eigenvalue weighted by molar-refractivity contribution is 0.530. The topological polar surface area (TPSA) is 0 Å². The number of unbranched alkanes of at least 4 members (excludes halogenated alkanes) is 24. The summed E-state index contributed by atoms with van der Waals surface area (Å²) in [5, 5.41) is 0. The van der Waals surface area contributed by atoms with Crippen molar-refractivity contribution in [3.05, 3.63) is 12.2 Å². The Balaban J connectivity index is 3.05. The van der Waals surface area contributed by atoms with Gasteiger partial charge < -0.3 is 0 Å². The van der Waals surface area contributed by atoms with Crippen LogP contribution in [-0.4, -0.2) is 0 Å². The zero-order valence-corrected chi connectivity index (χ0v) is 21.5. The van der Waals surface area contributed by atoms with Crippen LogP contribution in [0.4, 0.5) is 0 Å². The molecule has 0 amide bonds. The molecule has 0 rings (SSSR count). The number of allylic oxidation sites excluding steroid dienone is 2. The maximum Gasteiger partial charge on any atom is -0.0351 e. The molecule has 0 fully saturated rings. The van der Waals surface area contributed by atoms with Gasteiger partial charge in [-0.15, -0.1) is 0 Å². The van der Waals surface area contributed by atoms with Gasteiger partial charge in [0.15, 0.2) is 0 Å². The van der Waals surface area contributed by atoms with Crippen LogP contribution in [0.1, 0.15) is 181 Å². The van der Waals surface area contributed by atoms with E-state index in [-0.39, 0.29) is 0 Å². The molecule has 0 unspecified atom stereocenters. The van der Waals surface area contributed by atoms with E-state index < -0.39 is 0 Å². The van der Waals surface area contributed by atoms with Gasteiger partial charge in [0.2, 0.25) is 0 Å². The van der Waals surface area contributed by atoms with Crippen molar-refractivity contribution in [1.29, 1.82) is 0 Å². The summed E-state index contributed by atoms with van der Waals surface area (Å²) in [6.45, 7) is 4.60. The summed E-state index contributed by atoms with van der Waals surface area (Å²) >= 11 is 0. The van der Waals surface area contributed by atoms with E-state index in [1.54, 1.807) is 0 Å². The highest BCUT2D eigenvalue weighted by molar-refractivity contribution is 4.81. The fourth-order valence-corrected chi connectivity index (χ4v) is 4.44. The molecule has 0 heteroatoms. The van der Waals surface area contributed by atoms with E-state index in [0.29, 0.717) is 0 Å². The third-order valence-electron chi connectivity index (χ3n) is 6.62. The summed E-state index contributed by atoms with van der Waals surface area (Å²) in [7, 11) is 0. The molecule has 0 atom stereocenters. The minimum absolute atomic E-state index is 1.31. The SMILES string of the molecule is CCCCCCCCCC/C=C\CCCCCCCCCCCCCCCCCC. The Morgan fingerprint density at radius 3 is 0.700 bits per heavy atom. The molecule has 0 radical (unpaired) electrons. The highest BCUT2D eigenvalue weighted by Gasteiger charge is 1.94. The van der Waals surface area contributed by atoms with Crippen molar-refractivity contribution < 1.29 is 0 Å². The zero-order valence-electron chi connectivity index (χ0n) is 21.5. The molecule has 0 spiro atoms. The van der Waals surface area contributed by atoms with Gasteiger partial charge in [0.05, 0.1) is 0 Å². The molecular weight excluding hydrogens is 360 g/mol. The van der Waals surface area contributed by atoms with Crippen molar-refractivity contribution in [3.8, 4) is 0 Å². The van der Waals surface area contributed by atoms with Gasteiger partial charge >= 0.3 is 0 Å². The molecule has 0 aromatic rings. The summed E-state index contributed by atoms with van der Waals surface area (Å²) in [4.78, 5) is 0. The normalized spacial score (nSPS) is 11.7. The lowest BCUT2D eigenvalue weighted by atomic mass is 10.0. The number of hydrogen-bond donors (Lipinski definition) is 0. The fraction of sp³-hybridized carbons (Fsp3) is 0.933. The molecule has 30 heavy (non-hydrogen) atoms. The number of hydrogen-bond acceptors (Lipinski definition) is 0. The molecule has 180 valence electrons. The first-order valence-corrected chi connectivity index (χ1v) is 14.6. The predicted octanol–water partition coefficient (Wildman–Crippen LogP) is 11.7. The van der Waals surface area contributed by atoms with Gasteiger partial charge in [0.1, 0.15) is 0 Å². The second-order valence-corrected chi connectivity index (χ2v) is 9.83. The van der Waals surface area contributed by atoms with Crippen LogP contribution in [-0.2, 0) is 0 Å². The van der Waals surface area contributed by atoms with E-state index in [0.717, 1.165) is 0 Å². The Labute approximate surface area is 193 Å². The molecule has 0 aromatic carbocycles. The molecule has 0 N–H and O–H groups in total. The molecule has 0 heterocycles. The van der Waals surface area contributed by atoms with Gasteiger partial charge in [-0.05, 0) is 25.7 Å². The van der Waals surface area contributed by atoms with Crippen LogP contribution in [0.25, 0.3) is 0 Å². The lowest BCUT2D eigenvalue weighted by Crippen LogP contribution is -1.83. The minimum Gasteiger partial charge on any atom is -0.0885 e. The Hall–Kier alpha value is -0.260. The first-order chi connectivity index (χ1) is 14.9. The van der Waals surface area contributed by atoms with Crippen molar-refractivity contribution >= 4 is 0 Å². The van der Waals surface area contributed by atoms with Crippen LogP contribution in [0, 0.1) is 0 Å². The second-order valence-electron chi connectivity index (χ2n) is 9.83. The van der Waals surface area contributed by atoms with Gasteiger partial charge in [-0.1, -0.05) is 167 Å². The van der Waals surface area contributed by atoms with E-state index in [1.807, 2.05) is 0 Å². The van der Waals surface area contributed by atoms with Crippen LogP contribution >= 0.6 is 0 Å². The standard InChI is InChI=1S/C30H60/c1-3-5-7-9-11-13-15-17-19-21-23-25-27-29-30-28-26-24-22-20-18-16-14-12-10-8-6-4-2/h21,23H,3-20,22,24-30H2,1-2H3/b23-21-. The van der Waals surface area contributed by atoms with Crippen molar-refractivity contribution in [2.75, 3.05) is 0 Å². The highest BCUT2D eigenvalue weighted by atomic mass is 14.0. The smallest absolute Gasteiger partial charge is 0.0351 e.